The van der Waals surface area contributed by atoms with Gasteiger partial charge in [-0.25, -0.2) is 0 Å². The van der Waals surface area contributed by atoms with Crippen molar-refractivity contribution in [2.45, 2.75) is 27.4 Å². The first-order valence-corrected chi connectivity index (χ1v) is 10.9. The molecule has 3 rings (SSSR count). The molecule has 1 amide bonds. The number of carbonyl (C=O) groups is 1. The number of aliphatic imine (C=N–C) groups is 1. The van der Waals surface area contributed by atoms with E-state index in [2.05, 4.69) is 46.0 Å². The Labute approximate surface area is 178 Å². The standard InChI is InChI=1S/C22H23BrN2O2S/c1-4-24-22-25(5-2)21(26)20(28-22)13-16-9-10-19(18(23)12-16)27-14-17-8-6-7-15(3)11-17/h6-13H,4-5,14H2,1-3H3/b20-13-,24-22?. The highest BCUT2D eigenvalue weighted by Crippen LogP contribution is 2.34. The van der Waals surface area contributed by atoms with E-state index in [0.717, 1.165) is 26.5 Å². The topological polar surface area (TPSA) is 41.9 Å². The Morgan fingerprint density at radius 3 is 2.71 bits per heavy atom. The zero-order valence-electron chi connectivity index (χ0n) is 16.2. The lowest BCUT2D eigenvalue weighted by atomic mass is 10.1. The number of carbonyl (C=O) groups excluding carboxylic acids is 1. The highest BCUT2D eigenvalue weighted by Gasteiger charge is 2.31. The zero-order chi connectivity index (χ0) is 20.1. The van der Waals surface area contributed by atoms with Gasteiger partial charge in [-0.05, 0) is 77.8 Å². The van der Waals surface area contributed by atoms with Gasteiger partial charge in [0, 0.05) is 13.1 Å². The molecule has 0 spiro atoms. The molecule has 2 aromatic rings. The molecule has 0 atom stereocenters. The van der Waals surface area contributed by atoms with Crippen molar-refractivity contribution in [3.05, 3.63) is 68.5 Å². The van der Waals surface area contributed by atoms with Crippen LogP contribution in [0.3, 0.4) is 0 Å². The maximum absolute atomic E-state index is 12.6. The third-order valence-electron chi connectivity index (χ3n) is 4.23. The van der Waals surface area contributed by atoms with Crippen LogP contribution in [0.2, 0.25) is 0 Å². The van der Waals surface area contributed by atoms with E-state index in [0.29, 0.717) is 24.6 Å². The van der Waals surface area contributed by atoms with Crippen LogP contribution in [-0.2, 0) is 11.4 Å². The molecule has 4 nitrogen and oxygen atoms in total. The molecule has 1 aliphatic heterocycles. The van der Waals surface area contributed by atoms with E-state index in [4.69, 9.17) is 4.74 Å². The van der Waals surface area contributed by atoms with Gasteiger partial charge in [-0.2, -0.15) is 0 Å². The van der Waals surface area contributed by atoms with Crippen molar-refractivity contribution >= 4 is 44.8 Å². The number of amidine groups is 1. The van der Waals surface area contributed by atoms with Crippen LogP contribution in [0.1, 0.15) is 30.5 Å². The monoisotopic (exact) mass is 458 g/mol. The van der Waals surface area contributed by atoms with Gasteiger partial charge in [-0.3, -0.25) is 14.7 Å². The molecule has 0 radical (unpaired) electrons. The molecule has 0 N–H and O–H groups in total. The maximum atomic E-state index is 12.6. The number of aryl methyl sites for hydroxylation is 1. The largest absolute Gasteiger partial charge is 0.488 e. The van der Waals surface area contributed by atoms with Crippen LogP contribution in [0.4, 0.5) is 0 Å². The first-order chi connectivity index (χ1) is 13.5. The Hall–Kier alpha value is -2.05. The lowest BCUT2D eigenvalue weighted by molar-refractivity contribution is -0.122. The lowest BCUT2D eigenvalue weighted by Gasteiger charge is -2.11. The summed E-state index contributed by atoms with van der Waals surface area (Å²) in [6.07, 6.45) is 1.91. The highest BCUT2D eigenvalue weighted by molar-refractivity contribution is 9.10. The maximum Gasteiger partial charge on any atom is 0.266 e. The fourth-order valence-electron chi connectivity index (χ4n) is 2.88. The van der Waals surface area contributed by atoms with Crippen LogP contribution in [0.5, 0.6) is 5.75 Å². The normalized spacial score (nSPS) is 17.0. The van der Waals surface area contributed by atoms with Crippen molar-refractivity contribution in [3.8, 4) is 5.75 Å². The molecule has 1 aliphatic rings. The smallest absolute Gasteiger partial charge is 0.266 e. The first kappa shape index (κ1) is 20.7. The SMILES string of the molecule is CCN=C1S/C(=C\c2ccc(OCc3cccc(C)c3)c(Br)c2)C(=O)N1CC. The number of benzene rings is 2. The van der Waals surface area contributed by atoms with Crippen LogP contribution in [0.25, 0.3) is 6.08 Å². The van der Waals surface area contributed by atoms with E-state index in [1.54, 1.807) is 4.90 Å². The summed E-state index contributed by atoms with van der Waals surface area (Å²) in [5.41, 5.74) is 3.29. The number of halogens is 1. The van der Waals surface area contributed by atoms with Crippen LogP contribution in [0.15, 0.2) is 56.8 Å². The minimum atomic E-state index is 0.00981. The molecule has 0 aliphatic carbocycles. The molecule has 6 heteroatoms. The van der Waals surface area contributed by atoms with E-state index in [1.807, 2.05) is 44.2 Å². The van der Waals surface area contributed by atoms with Gasteiger partial charge in [-0.1, -0.05) is 35.9 Å². The molecule has 0 aromatic heterocycles. The Morgan fingerprint density at radius 1 is 1.21 bits per heavy atom. The van der Waals surface area contributed by atoms with Crippen LogP contribution in [-0.4, -0.2) is 29.1 Å². The molecule has 1 saturated heterocycles. The van der Waals surface area contributed by atoms with E-state index in [9.17, 15) is 4.79 Å². The highest BCUT2D eigenvalue weighted by atomic mass is 79.9. The third-order valence-corrected chi connectivity index (χ3v) is 5.89. The number of amides is 1. The second-order valence-electron chi connectivity index (χ2n) is 6.38. The number of hydrogen-bond acceptors (Lipinski definition) is 4. The predicted molar refractivity (Wildman–Crippen MR) is 121 cm³/mol. The fraction of sp³-hybridized carbons (Fsp3) is 0.273. The summed E-state index contributed by atoms with van der Waals surface area (Å²) in [5.74, 6) is 0.785. The first-order valence-electron chi connectivity index (χ1n) is 9.25. The summed E-state index contributed by atoms with van der Waals surface area (Å²) < 4.78 is 6.80. The van der Waals surface area contributed by atoms with Crippen molar-refractivity contribution in [1.29, 1.82) is 0 Å². The number of nitrogens with zero attached hydrogens (tertiary/aromatic N) is 2. The van der Waals surface area contributed by atoms with Crippen LogP contribution in [0, 0.1) is 6.92 Å². The minimum Gasteiger partial charge on any atom is -0.488 e. The average Bonchev–Trinajstić information content (AvgIpc) is 2.96. The second kappa shape index (κ2) is 9.43. The summed E-state index contributed by atoms with van der Waals surface area (Å²) in [5, 5.41) is 0.776. The van der Waals surface area contributed by atoms with Crippen molar-refractivity contribution in [3.63, 3.8) is 0 Å². The van der Waals surface area contributed by atoms with Crippen LogP contribution < -0.4 is 4.74 Å². The van der Waals surface area contributed by atoms with Gasteiger partial charge in [0.15, 0.2) is 5.17 Å². The lowest BCUT2D eigenvalue weighted by Crippen LogP contribution is -2.28. The molecule has 0 bridgehead atoms. The van der Waals surface area contributed by atoms with Crippen molar-refractivity contribution in [1.82, 2.24) is 4.90 Å². The van der Waals surface area contributed by atoms with Gasteiger partial charge in [0.25, 0.3) is 5.91 Å². The third kappa shape index (κ3) is 4.86. The van der Waals surface area contributed by atoms with E-state index in [-0.39, 0.29) is 5.91 Å². The molecule has 146 valence electrons. The molecular formula is C22H23BrN2O2S. The summed E-state index contributed by atoms with van der Waals surface area (Å²) in [7, 11) is 0. The Balaban J connectivity index is 1.74. The van der Waals surface area contributed by atoms with Crippen molar-refractivity contribution < 1.29 is 9.53 Å². The summed E-state index contributed by atoms with van der Waals surface area (Å²) in [4.78, 5) is 19.4. The van der Waals surface area contributed by atoms with Gasteiger partial charge in [0.1, 0.15) is 12.4 Å². The minimum absolute atomic E-state index is 0.00981. The Kier molecular flexibility index (Phi) is 6.97. The molecule has 2 aromatic carbocycles. The van der Waals surface area contributed by atoms with Crippen molar-refractivity contribution in [2.75, 3.05) is 13.1 Å². The molecule has 1 fully saturated rings. The van der Waals surface area contributed by atoms with Crippen LogP contribution >= 0.6 is 27.7 Å². The summed E-state index contributed by atoms with van der Waals surface area (Å²) >= 11 is 5.01. The van der Waals surface area contributed by atoms with Gasteiger partial charge in [0.05, 0.1) is 9.38 Å². The van der Waals surface area contributed by atoms with Gasteiger partial charge in [-0.15, -0.1) is 0 Å². The number of hydrogen-bond donors (Lipinski definition) is 0. The molecule has 0 saturated carbocycles. The predicted octanol–water partition coefficient (Wildman–Crippen LogP) is 5.65. The van der Waals surface area contributed by atoms with E-state index >= 15 is 0 Å². The average molecular weight is 459 g/mol. The zero-order valence-corrected chi connectivity index (χ0v) is 18.6. The van der Waals surface area contributed by atoms with E-state index < -0.39 is 0 Å². The molecule has 0 unspecified atom stereocenters. The quantitative estimate of drug-likeness (QED) is 0.525. The van der Waals surface area contributed by atoms with Gasteiger partial charge >= 0.3 is 0 Å². The number of rotatable bonds is 6. The second-order valence-corrected chi connectivity index (χ2v) is 8.25. The number of likely N-dealkylation sites (N-methyl/N-ethyl adjacent to an activating group) is 1. The Bertz CT molecular complexity index is 940. The number of ether oxygens (including phenoxy) is 1. The summed E-state index contributed by atoms with van der Waals surface area (Å²) in [6.45, 7) is 7.80. The van der Waals surface area contributed by atoms with Gasteiger partial charge in [0.2, 0.25) is 0 Å². The summed E-state index contributed by atoms with van der Waals surface area (Å²) in [6, 6.07) is 14.1. The molecule has 1 heterocycles. The molecular weight excluding hydrogens is 436 g/mol. The number of thioether (sulfide) groups is 1. The Morgan fingerprint density at radius 2 is 2.04 bits per heavy atom. The molecule has 28 heavy (non-hydrogen) atoms. The fourth-order valence-corrected chi connectivity index (χ4v) is 4.49. The van der Waals surface area contributed by atoms with Crippen molar-refractivity contribution in [2.24, 2.45) is 4.99 Å². The van der Waals surface area contributed by atoms with Gasteiger partial charge < -0.3 is 4.74 Å². The van der Waals surface area contributed by atoms with E-state index in [1.165, 1.54) is 17.3 Å².